The van der Waals surface area contributed by atoms with Crippen molar-refractivity contribution >= 4 is 15.9 Å². The number of rotatable bonds is 5. The molecule has 0 heterocycles. The van der Waals surface area contributed by atoms with Gasteiger partial charge in [-0.15, -0.1) is 0 Å². The van der Waals surface area contributed by atoms with Gasteiger partial charge in [-0.05, 0) is 47.2 Å². The lowest BCUT2D eigenvalue weighted by Crippen LogP contribution is -2.27. The fourth-order valence-electron chi connectivity index (χ4n) is 2.76. The average molecular weight is 389 g/mol. The smallest absolute Gasteiger partial charge is 0.251 e. The first-order valence-electron chi connectivity index (χ1n) is 8.85. The van der Waals surface area contributed by atoms with E-state index in [0.717, 1.165) is 16.7 Å². The Hall–Kier alpha value is -2.18. The molecular weight excluding hydrogens is 360 g/mol. The van der Waals surface area contributed by atoms with Crippen LogP contribution in [-0.4, -0.2) is 32.7 Å². The first kappa shape index (κ1) is 21.1. The van der Waals surface area contributed by atoms with Gasteiger partial charge >= 0.3 is 0 Å². The van der Waals surface area contributed by atoms with Gasteiger partial charge in [-0.3, -0.25) is 4.79 Å². The third kappa shape index (κ3) is 4.76. The van der Waals surface area contributed by atoms with Crippen molar-refractivity contribution in [2.75, 3.05) is 14.1 Å². The Morgan fingerprint density at radius 1 is 1.07 bits per heavy atom. The second-order valence-corrected chi connectivity index (χ2v) is 9.78. The summed E-state index contributed by atoms with van der Waals surface area (Å²) < 4.78 is 27.6. The molecule has 2 aromatic rings. The van der Waals surface area contributed by atoms with E-state index in [-0.39, 0.29) is 17.9 Å². The van der Waals surface area contributed by atoms with E-state index in [1.807, 2.05) is 19.1 Å². The maximum absolute atomic E-state index is 13.1. The number of hydrogen-bond acceptors (Lipinski definition) is 3. The lowest BCUT2D eigenvalue weighted by atomic mass is 9.87. The van der Waals surface area contributed by atoms with Crippen LogP contribution in [0, 0.1) is 6.92 Å². The summed E-state index contributed by atoms with van der Waals surface area (Å²) >= 11 is 0. The molecule has 0 saturated carbocycles. The summed E-state index contributed by atoms with van der Waals surface area (Å²) in [6, 6.07) is 12.5. The minimum Gasteiger partial charge on any atom is -0.355 e. The van der Waals surface area contributed by atoms with Crippen LogP contribution in [0.4, 0.5) is 0 Å². The lowest BCUT2D eigenvalue weighted by Gasteiger charge is -2.23. The van der Waals surface area contributed by atoms with Gasteiger partial charge in [0.2, 0.25) is 10.0 Å². The summed E-state index contributed by atoms with van der Waals surface area (Å²) in [5.41, 5.74) is 2.94. The Balaban J connectivity index is 2.30. The van der Waals surface area contributed by atoms with E-state index in [9.17, 15) is 13.2 Å². The second kappa shape index (κ2) is 7.82. The lowest BCUT2D eigenvalue weighted by molar-refractivity contribution is 0.0963. The van der Waals surface area contributed by atoms with E-state index < -0.39 is 10.0 Å². The zero-order valence-corrected chi connectivity index (χ0v) is 17.6. The molecule has 0 fully saturated rings. The molecule has 6 heteroatoms. The first-order valence-corrected chi connectivity index (χ1v) is 10.3. The summed E-state index contributed by atoms with van der Waals surface area (Å²) in [5, 5.41) is 2.57. The monoisotopic (exact) mass is 388 g/mol. The van der Waals surface area contributed by atoms with Crippen molar-refractivity contribution in [2.45, 2.75) is 44.6 Å². The molecule has 5 nitrogen and oxygen atoms in total. The summed E-state index contributed by atoms with van der Waals surface area (Å²) in [6.07, 6.45) is 0. The van der Waals surface area contributed by atoms with Gasteiger partial charge in [-0.1, -0.05) is 45.0 Å². The Labute approximate surface area is 162 Å². The van der Waals surface area contributed by atoms with Crippen LogP contribution in [-0.2, 0) is 22.0 Å². The summed E-state index contributed by atoms with van der Waals surface area (Å²) in [4.78, 5) is 12.0. The molecule has 0 atom stereocenters. The van der Waals surface area contributed by atoms with Crippen molar-refractivity contribution in [1.82, 2.24) is 9.62 Å². The van der Waals surface area contributed by atoms with Gasteiger partial charge in [-0.25, -0.2) is 8.42 Å². The van der Waals surface area contributed by atoms with Gasteiger partial charge in [-0.2, -0.15) is 4.31 Å². The largest absolute Gasteiger partial charge is 0.355 e. The SMILES string of the molecule is CNC(=O)c1ccc(CN(C)S(=O)(=O)c2cc(C(C)(C)C)ccc2C)cc1. The van der Waals surface area contributed by atoms with E-state index in [1.54, 1.807) is 44.4 Å². The van der Waals surface area contributed by atoms with Gasteiger partial charge in [0, 0.05) is 26.2 Å². The van der Waals surface area contributed by atoms with Crippen LogP contribution in [0.3, 0.4) is 0 Å². The van der Waals surface area contributed by atoms with Crippen molar-refractivity contribution < 1.29 is 13.2 Å². The predicted octanol–water partition coefficient (Wildman–Crippen LogP) is 3.47. The van der Waals surface area contributed by atoms with Crippen LogP contribution in [0.2, 0.25) is 0 Å². The summed E-state index contributed by atoms with van der Waals surface area (Å²) in [7, 11) is -0.479. The van der Waals surface area contributed by atoms with Gasteiger partial charge in [0.15, 0.2) is 0 Å². The number of sulfonamides is 1. The molecule has 2 aromatic carbocycles. The Bertz CT molecular complexity index is 927. The quantitative estimate of drug-likeness (QED) is 0.853. The molecule has 27 heavy (non-hydrogen) atoms. The van der Waals surface area contributed by atoms with Crippen molar-refractivity contribution in [2.24, 2.45) is 0 Å². The van der Waals surface area contributed by atoms with E-state index in [2.05, 4.69) is 26.1 Å². The average Bonchev–Trinajstić information content (AvgIpc) is 2.60. The van der Waals surface area contributed by atoms with Crippen LogP contribution >= 0.6 is 0 Å². The zero-order valence-electron chi connectivity index (χ0n) is 16.8. The van der Waals surface area contributed by atoms with Crippen molar-refractivity contribution in [3.8, 4) is 0 Å². The molecule has 0 radical (unpaired) electrons. The molecule has 1 amide bonds. The minimum atomic E-state index is -3.63. The first-order chi connectivity index (χ1) is 12.5. The zero-order chi connectivity index (χ0) is 20.4. The molecule has 2 rings (SSSR count). The number of amides is 1. The number of hydrogen-bond donors (Lipinski definition) is 1. The van der Waals surface area contributed by atoms with E-state index >= 15 is 0 Å². The molecular formula is C21H28N2O3S. The number of carbonyl (C=O) groups excluding carboxylic acids is 1. The Morgan fingerprint density at radius 2 is 1.67 bits per heavy atom. The maximum Gasteiger partial charge on any atom is 0.251 e. The molecule has 1 N–H and O–H groups in total. The number of aryl methyl sites for hydroxylation is 1. The van der Waals surface area contributed by atoms with Crippen LogP contribution in [0.15, 0.2) is 47.4 Å². The fraction of sp³-hybridized carbons (Fsp3) is 0.381. The van der Waals surface area contributed by atoms with Crippen LogP contribution in [0.1, 0.15) is 47.8 Å². The Kier molecular flexibility index (Phi) is 6.12. The van der Waals surface area contributed by atoms with Crippen molar-refractivity contribution in [3.05, 3.63) is 64.7 Å². The molecule has 0 aliphatic rings. The molecule has 0 saturated heterocycles. The fourth-order valence-corrected chi connectivity index (χ4v) is 4.17. The molecule has 0 spiro atoms. The van der Waals surface area contributed by atoms with Crippen LogP contribution in [0.25, 0.3) is 0 Å². The number of nitrogens with zero attached hydrogens (tertiary/aromatic N) is 1. The van der Waals surface area contributed by atoms with E-state index in [4.69, 9.17) is 0 Å². The highest BCUT2D eigenvalue weighted by molar-refractivity contribution is 7.89. The molecule has 0 unspecified atom stereocenters. The van der Waals surface area contributed by atoms with Gasteiger partial charge in [0.25, 0.3) is 5.91 Å². The number of benzene rings is 2. The molecule has 0 aromatic heterocycles. The topological polar surface area (TPSA) is 66.5 Å². The molecule has 0 aliphatic carbocycles. The van der Waals surface area contributed by atoms with Crippen LogP contribution in [0.5, 0.6) is 0 Å². The third-order valence-electron chi connectivity index (χ3n) is 4.59. The predicted molar refractivity (Wildman–Crippen MR) is 108 cm³/mol. The number of nitrogens with one attached hydrogen (secondary N) is 1. The van der Waals surface area contributed by atoms with Gasteiger partial charge in [0.1, 0.15) is 0 Å². The van der Waals surface area contributed by atoms with E-state index in [1.165, 1.54) is 4.31 Å². The summed E-state index contributed by atoms with van der Waals surface area (Å²) in [6.45, 7) is 8.23. The molecule has 146 valence electrons. The van der Waals surface area contributed by atoms with Crippen LogP contribution < -0.4 is 5.32 Å². The summed E-state index contributed by atoms with van der Waals surface area (Å²) in [5.74, 6) is -0.169. The normalized spacial score (nSPS) is 12.3. The van der Waals surface area contributed by atoms with E-state index in [0.29, 0.717) is 10.5 Å². The minimum absolute atomic E-state index is 0.133. The van der Waals surface area contributed by atoms with Gasteiger partial charge < -0.3 is 5.32 Å². The molecule has 0 aliphatic heterocycles. The Morgan fingerprint density at radius 3 is 2.19 bits per heavy atom. The second-order valence-electron chi connectivity index (χ2n) is 7.77. The highest BCUT2D eigenvalue weighted by atomic mass is 32.2. The van der Waals surface area contributed by atoms with Crippen molar-refractivity contribution in [1.29, 1.82) is 0 Å². The maximum atomic E-state index is 13.1. The van der Waals surface area contributed by atoms with Gasteiger partial charge in [0.05, 0.1) is 4.90 Å². The third-order valence-corrected chi connectivity index (χ3v) is 6.54. The highest BCUT2D eigenvalue weighted by Crippen LogP contribution is 2.28. The number of carbonyl (C=O) groups is 1. The van der Waals surface area contributed by atoms with Crippen molar-refractivity contribution in [3.63, 3.8) is 0 Å². The highest BCUT2D eigenvalue weighted by Gasteiger charge is 2.25. The molecule has 0 bridgehead atoms. The standard InChI is InChI=1S/C21H28N2O3S/c1-15-7-12-18(21(2,3)4)13-19(15)27(25,26)23(6)14-16-8-10-17(11-9-16)20(24)22-5/h7-13H,14H2,1-6H3,(H,22,24).